The Bertz CT molecular complexity index is 758. The number of nitro benzene ring substituents is 1. The highest BCUT2D eigenvalue weighted by Crippen LogP contribution is 2.41. The molecule has 0 saturated heterocycles. The summed E-state index contributed by atoms with van der Waals surface area (Å²) in [6.45, 7) is 2.68. The molecule has 6 nitrogen and oxygen atoms in total. The van der Waals surface area contributed by atoms with Gasteiger partial charge in [0.2, 0.25) is 0 Å². The minimum Gasteiger partial charge on any atom is -0.373 e. The number of benzene rings is 1. The zero-order valence-electron chi connectivity index (χ0n) is 14.1. The highest BCUT2D eigenvalue weighted by Gasteiger charge is 2.26. The number of anilines is 1. The van der Waals surface area contributed by atoms with E-state index in [1.165, 1.54) is 4.88 Å². The van der Waals surface area contributed by atoms with Gasteiger partial charge in [-0.2, -0.15) is 0 Å². The van der Waals surface area contributed by atoms with Crippen molar-refractivity contribution in [1.82, 2.24) is 4.98 Å². The quantitative estimate of drug-likeness (QED) is 0.599. The Balaban J connectivity index is 2.01. The number of aromatic nitrogens is 1. The van der Waals surface area contributed by atoms with Gasteiger partial charge in [0.15, 0.2) is 0 Å². The van der Waals surface area contributed by atoms with Crippen LogP contribution in [0.3, 0.4) is 0 Å². The first-order chi connectivity index (χ1) is 11.5. The fourth-order valence-electron chi connectivity index (χ4n) is 3.04. The monoisotopic (exact) mass is 347 g/mol. The smallest absolute Gasteiger partial charge is 0.293 e. The van der Waals surface area contributed by atoms with Gasteiger partial charge in [0.05, 0.1) is 21.6 Å². The fourth-order valence-corrected chi connectivity index (χ4v) is 4.24. The summed E-state index contributed by atoms with van der Waals surface area (Å²) in [7, 11) is 3.60. The van der Waals surface area contributed by atoms with Crippen molar-refractivity contribution in [1.29, 1.82) is 0 Å². The molecule has 0 spiro atoms. The summed E-state index contributed by atoms with van der Waals surface area (Å²) >= 11 is 1.60. The molecule has 1 aromatic carbocycles. The van der Waals surface area contributed by atoms with Gasteiger partial charge in [0.25, 0.3) is 5.69 Å². The van der Waals surface area contributed by atoms with Crippen molar-refractivity contribution in [2.75, 3.05) is 25.6 Å². The van der Waals surface area contributed by atoms with Crippen LogP contribution in [0.4, 0.5) is 11.4 Å². The van der Waals surface area contributed by atoms with Crippen molar-refractivity contribution in [3.05, 3.63) is 38.9 Å². The Morgan fingerprint density at radius 2 is 2.25 bits per heavy atom. The van der Waals surface area contributed by atoms with E-state index < -0.39 is 0 Å². The molecule has 7 heteroatoms. The number of ether oxygens (including phenoxy) is 1. The maximum Gasteiger partial charge on any atom is 0.293 e. The summed E-state index contributed by atoms with van der Waals surface area (Å²) in [6, 6.07) is 5.31. The summed E-state index contributed by atoms with van der Waals surface area (Å²) in [4.78, 5) is 18.7. The lowest BCUT2D eigenvalue weighted by molar-refractivity contribution is -0.384. The molecule has 1 aliphatic rings. The van der Waals surface area contributed by atoms with E-state index >= 15 is 0 Å². The molecule has 0 saturated carbocycles. The van der Waals surface area contributed by atoms with Crippen LogP contribution in [-0.2, 0) is 11.2 Å². The average molecular weight is 347 g/mol. The predicted octanol–water partition coefficient (Wildman–Crippen LogP) is 4.20. The number of nitro groups is 1. The molecular weight excluding hydrogens is 326 g/mol. The minimum absolute atomic E-state index is 0.104. The van der Waals surface area contributed by atoms with Gasteiger partial charge in [-0.1, -0.05) is 0 Å². The molecule has 0 fully saturated rings. The summed E-state index contributed by atoms with van der Waals surface area (Å²) < 4.78 is 5.83. The summed E-state index contributed by atoms with van der Waals surface area (Å²) in [6.07, 6.45) is 3.15. The lowest BCUT2D eigenvalue weighted by Gasteiger charge is -2.20. The first-order valence-corrected chi connectivity index (χ1v) is 8.90. The number of hydrogen-bond donors (Lipinski definition) is 0. The molecule has 2 aromatic rings. The highest BCUT2D eigenvalue weighted by atomic mass is 32.1. The van der Waals surface area contributed by atoms with Gasteiger partial charge in [-0.25, -0.2) is 4.98 Å². The number of fused-ring (bicyclic) bond motifs is 1. The summed E-state index contributed by atoms with van der Waals surface area (Å²) in [5.74, 6) is 0. The topological polar surface area (TPSA) is 68.5 Å². The van der Waals surface area contributed by atoms with E-state index in [-0.39, 0.29) is 16.7 Å². The first kappa shape index (κ1) is 16.9. The molecule has 3 rings (SSSR count). The fraction of sp³-hybridized carbons (Fsp3) is 0.471. The van der Waals surface area contributed by atoms with Gasteiger partial charge in [0, 0.05) is 32.3 Å². The molecule has 0 aliphatic heterocycles. The van der Waals surface area contributed by atoms with Crippen molar-refractivity contribution in [2.24, 2.45) is 0 Å². The van der Waals surface area contributed by atoms with Crippen LogP contribution in [-0.4, -0.2) is 30.6 Å². The molecule has 24 heavy (non-hydrogen) atoms. The SMILES string of the molecule is CCOC1CCCc2nc(-c3ccc(N(C)C)c([N+](=O)[O-])c3)sc21. The molecule has 0 radical (unpaired) electrons. The van der Waals surface area contributed by atoms with E-state index in [1.54, 1.807) is 42.5 Å². The Labute approximate surface area is 145 Å². The Kier molecular flexibility index (Phi) is 4.82. The second kappa shape index (κ2) is 6.86. The maximum absolute atomic E-state index is 11.4. The van der Waals surface area contributed by atoms with Gasteiger partial charge >= 0.3 is 0 Å². The molecule has 0 bridgehead atoms. The first-order valence-electron chi connectivity index (χ1n) is 8.08. The third-order valence-corrected chi connectivity index (χ3v) is 5.41. The van der Waals surface area contributed by atoms with Crippen LogP contribution in [0.15, 0.2) is 18.2 Å². The third kappa shape index (κ3) is 3.14. The lowest BCUT2D eigenvalue weighted by Crippen LogP contribution is -2.11. The zero-order valence-corrected chi connectivity index (χ0v) is 14.9. The molecule has 0 N–H and O–H groups in total. The van der Waals surface area contributed by atoms with Crippen LogP contribution < -0.4 is 4.90 Å². The largest absolute Gasteiger partial charge is 0.373 e. The van der Waals surface area contributed by atoms with Crippen molar-refractivity contribution >= 4 is 22.7 Å². The molecule has 1 unspecified atom stereocenters. The van der Waals surface area contributed by atoms with Crippen LogP contribution in [0.5, 0.6) is 0 Å². The Hall–Kier alpha value is -1.99. The number of rotatable bonds is 5. The molecular formula is C17H21N3O3S. The zero-order chi connectivity index (χ0) is 17.3. The van der Waals surface area contributed by atoms with Crippen LogP contribution in [0.1, 0.15) is 36.4 Å². The molecule has 1 aliphatic carbocycles. The second-order valence-electron chi connectivity index (χ2n) is 6.02. The molecule has 1 heterocycles. The van der Waals surface area contributed by atoms with E-state index in [2.05, 4.69) is 0 Å². The third-order valence-electron chi connectivity index (χ3n) is 4.17. The van der Waals surface area contributed by atoms with E-state index in [4.69, 9.17) is 9.72 Å². The van der Waals surface area contributed by atoms with Gasteiger partial charge in [-0.05, 0) is 38.3 Å². The van der Waals surface area contributed by atoms with Crippen molar-refractivity contribution in [3.63, 3.8) is 0 Å². The standard InChI is InChI=1S/C17H21N3O3S/c1-4-23-15-7-5-6-12-16(15)24-17(18-12)11-8-9-13(19(2)3)14(10-11)20(21)22/h8-10,15H,4-7H2,1-3H3. The molecule has 1 aromatic heterocycles. The van der Waals surface area contributed by atoms with Gasteiger partial charge < -0.3 is 9.64 Å². The van der Waals surface area contributed by atoms with Crippen LogP contribution in [0.25, 0.3) is 10.6 Å². The normalized spacial score (nSPS) is 16.7. The number of nitrogens with zero attached hydrogens (tertiary/aromatic N) is 3. The van der Waals surface area contributed by atoms with E-state index in [0.717, 1.165) is 35.5 Å². The summed E-state index contributed by atoms with van der Waals surface area (Å²) in [5, 5.41) is 12.2. The van der Waals surface area contributed by atoms with Crippen molar-refractivity contribution in [2.45, 2.75) is 32.3 Å². The number of hydrogen-bond acceptors (Lipinski definition) is 6. The van der Waals surface area contributed by atoms with Gasteiger partial charge in [-0.15, -0.1) is 11.3 Å². The molecule has 1 atom stereocenters. The second-order valence-corrected chi connectivity index (χ2v) is 7.05. The van der Waals surface area contributed by atoms with Gasteiger partial charge in [0.1, 0.15) is 10.7 Å². The van der Waals surface area contributed by atoms with Crippen LogP contribution in [0.2, 0.25) is 0 Å². The molecule has 128 valence electrons. The number of thiazole rings is 1. The minimum atomic E-state index is -0.338. The number of aryl methyl sites for hydroxylation is 1. The van der Waals surface area contributed by atoms with E-state index in [0.29, 0.717) is 12.3 Å². The highest BCUT2D eigenvalue weighted by molar-refractivity contribution is 7.15. The van der Waals surface area contributed by atoms with Crippen molar-refractivity contribution < 1.29 is 9.66 Å². The van der Waals surface area contributed by atoms with Crippen LogP contribution in [0, 0.1) is 10.1 Å². The van der Waals surface area contributed by atoms with E-state index in [9.17, 15) is 10.1 Å². The predicted molar refractivity (Wildman–Crippen MR) is 95.8 cm³/mol. The average Bonchev–Trinajstić information content (AvgIpc) is 2.99. The molecule has 0 amide bonds. The van der Waals surface area contributed by atoms with Crippen molar-refractivity contribution in [3.8, 4) is 10.6 Å². The Morgan fingerprint density at radius 3 is 2.92 bits per heavy atom. The van der Waals surface area contributed by atoms with Crippen LogP contribution >= 0.6 is 11.3 Å². The maximum atomic E-state index is 11.4. The van der Waals surface area contributed by atoms with Gasteiger partial charge in [-0.3, -0.25) is 10.1 Å². The Morgan fingerprint density at radius 1 is 1.46 bits per heavy atom. The van der Waals surface area contributed by atoms with E-state index in [1.807, 2.05) is 13.0 Å². The lowest BCUT2D eigenvalue weighted by atomic mass is 10.0. The summed E-state index contributed by atoms with van der Waals surface area (Å²) in [5.41, 5.74) is 2.57.